The quantitative estimate of drug-likeness (QED) is 0.559. The van der Waals surface area contributed by atoms with Gasteiger partial charge in [0, 0.05) is 0 Å². The Bertz CT molecular complexity index is 327. The number of carbonyl (C=O) groups is 1. The highest BCUT2D eigenvalue weighted by Crippen LogP contribution is 2.57. The number of epoxide rings is 1. The van der Waals surface area contributed by atoms with Crippen molar-refractivity contribution in [2.24, 2.45) is 0 Å². The molecule has 3 rings (SSSR count). The summed E-state index contributed by atoms with van der Waals surface area (Å²) in [6.07, 6.45) is 11.6. The lowest BCUT2D eigenvalue weighted by molar-refractivity contribution is -0.156. The van der Waals surface area contributed by atoms with Gasteiger partial charge < -0.3 is 9.47 Å². The second-order valence-corrected chi connectivity index (χ2v) is 6.36. The van der Waals surface area contributed by atoms with E-state index in [4.69, 9.17) is 9.47 Å². The predicted octanol–water partition coefficient (Wildman–Crippen LogP) is 3.35. The first-order chi connectivity index (χ1) is 8.66. The Morgan fingerprint density at radius 1 is 1.06 bits per heavy atom. The second kappa shape index (κ2) is 4.52. The lowest BCUT2D eigenvalue weighted by atomic mass is 9.81. The molecule has 18 heavy (non-hydrogen) atoms. The third-order valence-electron chi connectivity index (χ3n) is 5.10. The van der Waals surface area contributed by atoms with Crippen LogP contribution in [0.3, 0.4) is 0 Å². The minimum Gasteiger partial charge on any atom is -0.460 e. The summed E-state index contributed by atoms with van der Waals surface area (Å²) < 4.78 is 11.5. The van der Waals surface area contributed by atoms with Crippen LogP contribution < -0.4 is 0 Å². The molecule has 3 aliphatic rings. The molecular formula is C15H24O3. The van der Waals surface area contributed by atoms with E-state index in [-0.39, 0.29) is 17.7 Å². The van der Waals surface area contributed by atoms with Gasteiger partial charge in [-0.3, -0.25) is 0 Å². The molecule has 102 valence electrons. The molecule has 3 heteroatoms. The van der Waals surface area contributed by atoms with E-state index in [0.29, 0.717) is 0 Å². The van der Waals surface area contributed by atoms with Crippen molar-refractivity contribution >= 4 is 5.97 Å². The molecule has 1 atom stereocenters. The maximum absolute atomic E-state index is 12.3. The molecule has 0 bridgehead atoms. The van der Waals surface area contributed by atoms with E-state index in [1.807, 2.05) is 6.92 Å². The normalized spacial score (nSPS) is 35.4. The number of hydrogen-bond donors (Lipinski definition) is 0. The van der Waals surface area contributed by atoms with Crippen molar-refractivity contribution in [2.75, 3.05) is 0 Å². The SMILES string of the molecule is CC1(C(=O)OC2CCCCC2)OC12CCCCC2. The summed E-state index contributed by atoms with van der Waals surface area (Å²) in [5.41, 5.74) is -0.804. The Labute approximate surface area is 109 Å². The summed E-state index contributed by atoms with van der Waals surface area (Å²) >= 11 is 0. The van der Waals surface area contributed by atoms with E-state index in [9.17, 15) is 4.79 Å². The van der Waals surface area contributed by atoms with E-state index in [2.05, 4.69) is 0 Å². The Morgan fingerprint density at radius 3 is 2.33 bits per heavy atom. The molecule has 1 spiro atoms. The fourth-order valence-corrected chi connectivity index (χ4v) is 3.74. The van der Waals surface area contributed by atoms with E-state index < -0.39 is 5.60 Å². The first-order valence-electron chi connectivity index (χ1n) is 7.58. The van der Waals surface area contributed by atoms with Crippen molar-refractivity contribution in [3.63, 3.8) is 0 Å². The number of carbonyl (C=O) groups excluding carboxylic acids is 1. The molecule has 0 aromatic rings. The van der Waals surface area contributed by atoms with Crippen molar-refractivity contribution in [1.29, 1.82) is 0 Å². The molecule has 0 amide bonds. The van der Waals surface area contributed by atoms with Crippen LogP contribution in [0.15, 0.2) is 0 Å². The summed E-state index contributed by atoms with van der Waals surface area (Å²) in [6.45, 7) is 1.93. The van der Waals surface area contributed by atoms with Crippen LogP contribution in [-0.4, -0.2) is 23.3 Å². The Morgan fingerprint density at radius 2 is 1.67 bits per heavy atom. The van der Waals surface area contributed by atoms with Gasteiger partial charge in [0.1, 0.15) is 11.7 Å². The molecule has 2 aliphatic carbocycles. The van der Waals surface area contributed by atoms with Crippen LogP contribution in [-0.2, 0) is 14.3 Å². The molecule has 1 unspecified atom stereocenters. The first-order valence-corrected chi connectivity index (χ1v) is 7.58. The largest absolute Gasteiger partial charge is 0.460 e. The van der Waals surface area contributed by atoms with Crippen molar-refractivity contribution in [2.45, 2.75) is 88.4 Å². The minimum atomic E-state index is -0.634. The van der Waals surface area contributed by atoms with Crippen LogP contribution in [0.1, 0.15) is 71.1 Å². The summed E-state index contributed by atoms with van der Waals surface area (Å²) in [7, 11) is 0. The third kappa shape index (κ3) is 1.97. The van der Waals surface area contributed by atoms with Crippen LogP contribution >= 0.6 is 0 Å². The van der Waals surface area contributed by atoms with Gasteiger partial charge in [0.15, 0.2) is 5.60 Å². The van der Waals surface area contributed by atoms with E-state index in [1.54, 1.807) is 0 Å². The van der Waals surface area contributed by atoms with Crippen molar-refractivity contribution in [3.8, 4) is 0 Å². The lowest BCUT2D eigenvalue weighted by Crippen LogP contribution is -2.37. The van der Waals surface area contributed by atoms with Crippen molar-refractivity contribution < 1.29 is 14.3 Å². The minimum absolute atomic E-state index is 0.101. The van der Waals surface area contributed by atoms with E-state index in [0.717, 1.165) is 25.7 Å². The van der Waals surface area contributed by atoms with Crippen LogP contribution in [0.2, 0.25) is 0 Å². The number of esters is 1. The van der Waals surface area contributed by atoms with Gasteiger partial charge in [0.05, 0.1) is 0 Å². The maximum Gasteiger partial charge on any atom is 0.341 e. The highest BCUT2D eigenvalue weighted by molar-refractivity contribution is 5.84. The Hall–Kier alpha value is -0.570. The standard InChI is InChI=1S/C15H24O3/c1-14(15(18-14)10-6-3-7-11-15)13(16)17-12-8-4-2-5-9-12/h12H,2-11H2,1H3. The molecular weight excluding hydrogens is 228 g/mol. The zero-order valence-electron chi connectivity index (χ0n) is 11.4. The molecule has 3 nitrogen and oxygen atoms in total. The predicted molar refractivity (Wildman–Crippen MR) is 68.3 cm³/mol. The van der Waals surface area contributed by atoms with Gasteiger partial charge in [-0.15, -0.1) is 0 Å². The van der Waals surface area contributed by atoms with Crippen molar-refractivity contribution in [1.82, 2.24) is 0 Å². The lowest BCUT2D eigenvalue weighted by Gasteiger charge is -2.25. The monoisotopic (exact) mass is 252 g/mol. The molecule has 0 N–H and O–H groups in total. The van der Waals surface area contributed by atoms with Gasteiger partial charge in [0.2, 0.25) is 0 Å². The molecule has 2 saturated carbocycles. The highest BCUT2D eigenvalue weighted by atomic mass is 16.7. The van der Waals surface area contributed by atoms with E-state index in [1.165, 1.54) is 38.5 Å². The molecule has 0 aromatic carbocycles. The first kappa shape index (κ1) is 12.5. The number of ether oxygens (including phenoxy) is 2. The topological polar surface area (TPSA) is 38.8 Å². The molecule has 1 aliphatic heterocycles. The van der Waals surface area contributed by atoms with Gasteiger partial charge in [0.25, 0.3) is 0 Å². The third-order valence-corrected chi connectivity index (χ3v) is 5.10. The Balaban J connectivity index is 1.59. The van der Waals surface area contributed by atoms with Crippen LogP contribution in [0.4, 0.5) is 0 Å². The van der Waals surface area contributed by atoms with Gasteiger partial charge >= 0.3 is 5.97 Å². The van der Waals surface area contributed by atoms with Crippen LogP contribution in [0, 0.1) is 0 Å². The molecule has 3 fully saturated rings. The van der Waals surface area contributed by atoms with Gasteiger partial charge in [-0.05, 0) is 45.4 Å². The molecule has 0 radical (unpaired) electrons. The molecule has 0 aromatic heterocycles. The molecule has 1 saturated heterocycles. The smallest absolute Gasteiger partial charge is 0.341 e. The van der Waals surface area contributed by atoms with Crippen LogP contribution in [0.25, 0.3) is 0 Å². The number of hydrogen-bond acceptors (Lipinski definition) is 3. The van der Waals surface area contributed by atoms with Crippen LogP contribution in [0.5, 0.6) is 0 Å². The summed E-state index contributed by atoms with van der Waals surface area (Å²) in [5, 5.41) is 0. The summed E-state index contributed by atoms with van der Waals surface area (Å²) in [5.74, 6) is -0.101. The zero-order chi connectivity index (χ0) is 12.6. The fourth-order valence-electron chi connectivity index (χ4n) is 3.74. The zero-order valence-corrected chi connectivity index (χ0v) is 11.4. The second-order valence-electron chi connectivity index (χ2n) is 6.36. The van der Waals surface area contributed by atoms with Crippen molar-refractivity contribution in [3.05, 3.63) is 0 Å². The van der Waals surface area contributed by atoms with Gasteiger partial charge in [-0.1, -0.05) is 25.7 Å². The number of rotatable bonds is 2. The summed E-state index contributed by atoms with van der Waals surface area (Å²) in [4.78, 5) is 12.3. The maximum atomic E-state index is 12.3. The average molecular weight is 252 g/mol. The summed E-state index contributed by atoms with van der Waals surface area (Å²) in [6, 6.07) is 0. The van der Waals surface area contributed by atoms with Gasteiger partial charge in [-0.2, -0.15) is 0 Å². The highest BCUT2D eigenvalue weighted by Gasteiger charge is 2.72. The van der Waals surface area contributed by atoms with E-state index >= 15 is 0 Å². The fraction of sp³-hybridized carbons (Fsp3) is 0.933. The molecule has 1 heterocycles. The Kier molecular flexibility index (Phi) is 3.13. The average Bonchev–Trinajstić information content (AvgIpc) is 2.97. The van der Waals surface area contributed by atoms with Gasteiger partial charge in [-0.25, -0.2) is 4.79 Å².